The van der Waals surface area contributed by atoms with Gasteiger partial charge < -0.3 is 10.1 Å². The van der Waals surface area contributed by atoms with Crippen LogP contribution in [0.5, 0.6) is 5.75 Å². The number of nitrogens with zero attached hydrogens (tertiary/aromatic N) is 1. The van der Waals surface area contributed by atoms with Gasteiger partial charge in [-0.25, -0.2) is 4.79 Å². The fourth-order valence-electron chi connectivity index (χ4n) is 0.881. The van der Waals surface area contributed by atoms with Crippen molar-refractivity contribution in [2.75, 3.05) is 6.54 Å². The normalized spacial score (nSPS) is 9.40. The van der Waals surface area contributed by atoms with Crippen LogP contribution in [-0.2, 0) is 0 Å². The maximum Gasteiger partial charge on any atom is 0.412 e. The highest BCUT2D eigenvalue weighted by atomic mass is 16.6. The summed E-state index contributed by atoms with van der Waals surface area (Å²) < 4.78 is 4.78. The predicted molar refractivity (Wildman–Crippen MR) is 52.5 cm³/mol. The fraction of sp³-hybridized carbons (Fsp3) is 0.111. The van der Waals surface area contributed by atoms with E-state index >= 15 is 0 Å². The lowest BCUT2D eigenvalue weighted by molar-refractivity contribution is -0.384. The molecule has 1 aromatic rings. The molecule has 0 unspecified atom stereocenters. The Hall–Kier alpha value is -2.11. The van der Waals surface area contributed by atoms with Crippen molar-refractivity contribution in [2.45, 2.75) is 0 Å². The molecule has 0 saturated heterocycles. The van der Waals surface area contributed by atoms with E-state index in [1.165, 1.54) is 24.3 Å². The van der Waals surface area contributed by atoms with Crippen LogP contribution in [0.1, 0.15) is 0 Å². The molecule has 0 aliphatic heterocycles. The van der Waals surface area contributed by atoms with Crippen molar-refractivity contribution in [2.24, 2.45) is 0 Å². The molecule has 1 amide bonds. The first kappa shape index (κ1) is 11.0. The maximum atomic E-state index is 10.9. The molecule has 0 spiro atoms. The zero-order chi connectivity index (χ0) is 11.3. The molecule has 15 heavy (non-hydrogen) atoms. The van der Waals surface area contributed by atoms with E-state index in [0.717, 1.165) is 0 Å². The average Bonchev–Trinajstić information content (AvgIpc) is 2.18. The van der Waals surface area contributed by atoms with Crippen molar-refractivity contribution < 1.29 is 14.5 Å². The number of rotatable bonds is 3. The smallest absolute Gasteiger partial charge is 0.410 e. The highest BCUT2D eigenvalue weighted by Crippen LogP contribution is 2.17. The summed E-state index contributed by atoms with van der Waals surface area (Å²) in [4.78, 5) is 20.7. The predicted octanol–water partition coefficient (Wildman–Crippen LogP) is 1.52. The number of carbonyl (C=O) groups excluding carboxylic acids is 1. The largest absolute Gasteiger partial charge is 0.412 e. The first-order valence-electron chi connectivity index (χ1n) is 4.13. The van der Waals surface area contributed by atoms with E-state index in [-0.39, 0.29) is 18.0 Å². The first-order chi connectivity index (χ1) is 7.13. The number of ether oxygens (including phenoxy) is 1. The molecule has 0 fully saturated rings. The third-order valence-corrected chi connectivity index (χ3v) is 1.53. The molecule has 79 valence electrons. The molecule has 0 aliphatic rings. The number of amides is 1. The summed E-state index contributed by atoms with van der Waals surface area (Å²) >= 11 is 0. The molecule has 1 aromatic carbocycles. The molecule has 0 bridgehead atoms. The second-order valence-electron chi connectivity index (χ2n) is 2.57. The van der Waals surface area contributed by atoms with Gasteiger partial charge in [-0.1, -0.05) is 0 Å². The molecular weight excluding hydrogens is 200 g/mol. The quantitative estimate of drug-likeness (QED) is 0.604. The second-order valence-corrected chi connectivity index (χ2v) is 2.57. The topological polar surface area (TPSA) is 81.5 Å². The Kier molecular flexibility index (Phi) is 3.61. The van der Waals surface area contributed by atoms with E-state index in [4.69, 9.17) is 4.74 Å². The van der Waals surface area contributed by atoms with Crippen LogP contribution < -0.4 is 10.1 Å². The van der Waals surface area contributed by atoms with Crippen LogP contribution in [0.25, 0.3) is 0 Å². The average molecular weight is 209 g/mol. The Morgan fingerprint density at radius 3 is 2.53 bits per heavy atom. The molecule has 1 radical (unpaired) electrons. The van der Waals surface area contributed by atoms with Gasteiger partial charge in [0.1, 0.15) is 5.75 Å². The van der Waals surface area contributed by atoms with Crippen molar-refractivity contribution in [3.63, 3.8) is 0 Å². The first-order valence-corrected chi connectivity index (χ1v) is 4.13. The van der Waals surface area contributed by atoms with Gasteiger partial charge in [-0.2, -0.15) is 0 Å². The fourth-order valence-corrected chi connectivity index (χ4v) is 0.881. The molecular formula is C9H9N2O4. The van der Waals surface area contributed by atoms with E-state index < -0.39 is 11.0 Å². The Balaban J connectivity index is 2.64. The second kappa shape index (κ2) is 4.94. The highest BCUT2D eigenvalue weighted by molar-refractivity contribution is 5.70. The summed E-state index contributed by atoms with van der Waals surface area (Å²) in [5, 5.41) is 12.6. The van der Waals surface area contributed by atoms with E-state index in [9.17, 15) is 14.9 Å². The van der Waals surface area contributed by atoms with E-state index in [2.05, 4.69) is 12.2 Å². The summed E-state index contributed by atoms with van der Waals surface area (Å²) in [6.45, 7) is 3.62. The van der Waals surface area contributed by atoms with Crippen molar-refractivity contribution in [3.8, 4) is 5.75 Å². The Morgan fingerprint density at radius 1 is 1.47 bits per heavy atom. The van der Waals surface area contributed by atoms with Crippen molar-refractivity contribution >= 4 is 11.8 Å². The summed E-state index contributed by atoms with van der Waals surface area (Å²) in [5.41, 5.74) is -0.0556. The van der Waals surface area contributed by atoms with Crippen molar-refractivity contribution in [3.05, 3.63) is 41.3 Å². The lowest BCUT2D eigenvalue weighted by Gasteiger charge is -2.03. The number of hydrogen-bond acceptors (Lipinski definition) is 4. The zero-order valence-corrected chi connectivity index (χ0v) is 7.80. The minimum atomic E-state index is -0.640. The van der Waals surface area contributed by atoms with Gasteiger partial charge in [0.25, 0.3) is 5.69 Å². The SMILES string of the molecule is [CH2]CNC(=O)Oc1ccc([N+](=O)[O-])cc1. The van der Waals surface area contributed by atoms with Crippen LogP contribution in [0.4, 0.5) is 10.5 Å². The van der Waals surface area contributed by atoms with Gasteiger partial charge in [-0.15, -0.1) is 0 Å². The number of carbonyl (C=O) groups is 1. The summed E-state index contributed by atoms with van der Waals surface area (Å²) in [6.07, 6.45) is -0.640. The lowest BCUT2D eigenvalue weighted by atomic mass is 10.3. The van der Waals surface area contributed by atoms with Gasteiger partial charge in [-0.3, -0.25) is 10.1 Å². The summed E-state index contributed by atoms with van der Waals surface area (Å²) in [6, 6.07) is 5.21. The van der Waals surface area contributed by atoms with Crippen molar-refractivity contribution in [1.29, 1.82) is 0 Å². The summed E-state index contributed by atoms with van der Waals surface area (Å²) in [7, 11) is 0. The van der Waals surface area contributed by atoms with E-state index in [1.807, 2.05) is 0 Å². The highest BCUT2D eigenvalue weighted by Gasteiger charge is 2.06. The number of nitro groups is 1. The number of hydrogen-bond donors (Lipinski definition) is 1. The van der Waals surface area contributed by atoms with Crippen LogP contribution in [0.2, 0.25) is 0 Å². The van der Waals surface area contributed by atoms with Gasteiger partial charge in [0, 0.05) is 18.7 Å². The molecule has 1 rings (SSSR count). The molecule has 0 saturated carbocycles. The zero-order valence-electron chi connectivity index (χ0n) is 7.80. The van der Waals surface area contributed by atoms with Crippen LogP contribution in [0.15, 0.2) is 24.3 Å². The molecule has 0 heterocycles. The third-order valence-electron chi connectivity index (χ3n) is 1.53. The lowest BCUT2D eigenvalue weighted by Crippen LogP contribution is -2.26. The minimum Gasteiger partial charge on any atom is -0.410 e. The van der Waals surface area contributed by atoms with Gasteiger partial charge in [-0.05, 0) is 19.1 Å². The van der Waals surface area contributed by atoms with E-state index in [0.29, 0.717) is 0 Å². The Morgan fingerprint density at radius 2 is 2.07 bits per heavy atom. The van der Waals surface area contributed by atoms with Crippen LogP contribution in [-0.4, -0.2) is 17.6 Å². The summed E-state index contributed by atoms with van der Waals surface area (Å²) in [5.74, 6) is 0.242. The Bertz CT molecular complexity index is 361. The van der Waals surface area contributed by atoms with Gasteiger partial charge in [0.05, 0.1) is 4.92 Å². The van der Waals surface area contributed by atoms with Crippen LogP contribution in [0.3, 0.4) is 0 Å². The molecule has 0 atom stereocenters. The number of non-ortho nitro benzene ring substituents is 1. The van der Waals surface area contributed by atoms with Gasteiger partial charge in [0.2, 0.25) is 0 Å². The monoisotopic (exact) mass is 209 g/mol. The number of nitro benzene ring substituents is 1. The van der Waals surface area contributed by atoms with Gasteiger partial charge >= 0.3 is 6.09 Å². The minimum absolute atomic E-state index is 0.0556. The Labute approximate surface area is 86.0 Å². The molecule has 6 heteroatoms. The number of nitrogens with one attached hydrogen (secondary N) is 1. The van der Waals surface area contributed by atoms with Crippen molar-refractivity contribution in [1.82, 2.24) is 5.32 Å². The van der Waals surface area contributed by atoms with Crippen LogP contribution >= 0.6 is 0 Å². The van der Waals surface area contributed by atoms with Crippen LogP contribution in [0, 0.1) is 17.0 Å². The molecule has 1 N–H and O–H groups in total. The molecule has 0 aromatic heterocycles. The standard InChI is InChI=1S/C9H9N2O4/c1-2-10-9(12)15-8-5-3-7(4-6-8)11(13)14/h3-6H,1-2H2,(H,10,12). The molecule has 0 aliphatic carbocycles. The molecule has 6 nitrogen and oxygen atoms in total. The number of benzene rings is 1. The maximum absolute atomic E-state index is 10.9. The van der Waals surface area contributed by atoms with Gasteiger partial charge in [0.15, 0.2) is 0 Å². The third kappa shape index (κ3) is 3.26. The van der Waals surface area contributed by atoms with E-state index in [1.54, 1.807) is 0 Å².